The molecule has 1 saturated carbocycles. The summed E-state index contributed by atoms with van der Waals surface area (Å²) in [6.07, 6.45) is 2.30. The summed E-state index contributed by atoms with van der Waals surface area (Å²) >= 11 is 0. The molecule has 1 fully saturated rings. The van der Waals surface area contributed by atoms with Crippen LogP contribution in [0.4, 0.5) is 0 Å². The lowest BCUT2D eigenvalue weighted by molar-refractivity contribution is -0.162. The molecule has 0 N–H and O–H groups in total. The van der Waals surface area contributed by atoms with Gasteiger partial charge in [0.25, 0.3) is 0 Å². The van der Waals surface area contributed by atoms with E-state index in [0.29, 0.717) is 26.4 Å². The largest absolute Gasteiger partial charge is 0.475 e. The highest BCUT2D eigenvalue weighted by Gasteiger charge is 2.50. The van der Waals surface area contributed by atoms with E-state index >= 15 is 0 Å². The van der Waals surface area contributed by atoms with Crippen LogP contribution in [0.25, 0.3) is 0 Å². The van der Waals surface area contributed by atoms with Gasteiger partial charge in [-0.25, -0.2) is 4.99 Å². The second-order valence-corrected chi connectivity index (χ2v) is 9.94. The van der Waals surface area contributed by atoms with Gasteiger partial charge < -0.3 is 18.9 Å². The fraction of sp³-hybridized carbons (Fsp3) is 0.406. The second kappa shape index (κ2) is 13.0. The van der Waals surface area contributed by atoms with Crippen molar-refractivity contribution in [2.24, 2.45) is 10.9 Å². The highest BCUT2D eigenvalue weighted by molar-refractivity contribution is 5.78. The topological polar surface area (TPSA) is 49.3 Å². The monoisotopic (exact) mass is 499 g/mol. The van der Waals surface area contributed by atoms with Gasteiger partial charge in [-0.1, -0.05) is 97.9 Å². The Balaban J connectivity index is 1.36. The zero-order valence-corrected chi connectivity index (χ0v) is 21.6. The highest BCUT2D eigenvalue weighted by Crippen LogP contribution is 2.38. The molecular formula is C32H37NO4. The molecule has 5 rings (SSSR count). The van der Waals surface area contributed by atoms with Crippen LogP contribution in [0.1, 0.15) is 42.9 Å². The van der Waals surface area contributed by atoms with Gasteiger partial charge in [-0.2, -0.15) is 0 Å². The summed E-state index contributed by atoms with van der Waals surface area (Å²) in [6.45, 7) is 4.34. The van der Waals surface area contributed by atoms with Gasteiger partial charge in [-0.05, 0) is 29.5 Å². The van der Waals surface area contributed by atoms with E-state index in [0.717, 1.165) is 36.3 Å². The first-order valence-corrected chi connectivity index (χ1v) is 13.5. The summed E-state index contributed by atoms with van der Waals surface area (Å²) in [5.74, 6) is 0.976. The molecule has 1 aliphatic heterocycles. The first kappa shape index (κ1) is 25.7. The SMILES string of the molecule is CCCC1=N[C@@H]2[C@@H](OCc3ccccc3)[C@H](OCc3ccccc3)[C@@H](COCc3ccccc3)C[C@@H]2O1. The van der Waals surface area contributed by atoms with Crippen molar-refractivity contribution in [1.29, 1.82) is 0 Å². The van der Waals surface area contributed by atoms with E-state index in [2.05, 4.69) is 43.3 Å². The molecule has 3 aromatic carbocycles. The van der Waals surface area contributed by atoms with Crippen LogP contribution in [0, 0.1) is 5.92 Å². The molecule has 0 aromatic heterocycles. The first-order chi connectivity index (χ1) is 18.3. The summed E-state index contributed by atoms with van der Waals surface area (Å²) in [5.41, 5.74) is 3.45. The van der Waals surface area contributed by atoms with Crippen LogP contribution in [0.5, 0.6) is 0 Å². The van der Waals surface area contributed by atoms with Crippen molar-refractivity contribution in [3.8, 4) is 0 Å². The second-order valence-electron chi connectivity index (χ2n) is 9.94. The average molecular weight is 500 g/mol. The minimum Gasteiger partial charge on any atom is -0.475 e. The van der Waals surface area contributed by atoms with Gasteiger partial charge in [0.15, 0.2) is 5.90 Å². The van der Waals surface area contributed by atoms with Gasteiger partial charge in [-0.15, -0.1) is 0 Å². The van der Waals surface area contributed by atoms with Crippen molar-refractivity contribution in [3.05, 3.63) is 108 Å². The zero-order chi connectivity index (χ0) is 25.3. The highest BCUT2D eigenvalue weighted by atomic mass is 16.6. The molecule has 5 nitrogen and oxygen atoms in total. The van der Waals surface area contributed by atoms with Crippen LogP contribution >= 0.6 is 0 Å². The Bertz CT molecular complexity index is 1110. The minimum absolute atomic E-state index is 0.00998. The third-order valence-electron chi connectivity index (χ3n) is 7.10. The molecule has 0 unspecified atom stereocenters. The molecule has 0 spiro atoms. The number of fused-ring (bicyclic) bond motifs is 1. The molecule has 0 radical (unpaired) electrons. The molecule has 5 heteroatoms. The summed E-state index contributed by atoms with van der Waals surface area (Å²) in [7, 11) is 0. The van der Waals surface area contributed by atoms with Crippen LogP contribution in [0.2, 0.25) is 0 Å². The lowest BCUT2D eigenvalue weighted by Gasteiger charge is -2.42. The minimum atomic E-state index is -0.220. The lowest BCUT2D eigenvalue weighted by atomic mass is 9.79. The lowest BCUT2D eigenvalue weighted by Crippen LogP contribution is -2.55. The fourth-order valence-corrected chi connectivity index (χ4v) is 5.25. The Labute approximate surface area is 220 Å². The van der Waals surface area contributed by atoms with Gasteiger partial charge in [-0.3, -0.25) is 0 Å². The molecule has 1 heterocycles. The smallest absolute Gasteiger partial charge is 0.184 e. The normalized spacial score (nSPS) is 24.8. The van der Waals surface area contributed by atoms with Gasteiger partial charge >= 0.3 is 0 Å². The Kier molecular flexibility index (Phi) is 9.01. The number of benzene rings is 3. The molecule has 0 bridgehead atoms. The molecule has 2 aliphatic rings. The van der Waals surface area contributed by atoms with Crippen molar-refractivity contribution < 1.29 is 18.9 Å². The predicted octanol–water partition coefficient (Wildman–Crippen LogP) is 6.36. The molecule has 194 valence electrons. The Morgan fingerprint density at radius 2 is 1.27 bits per heavy atom. The summed E-state index contributed by atoms with van der Waals surface area (Å²) < 4.78 is 25.9. The quantitative estimate of drug-likeness (QED) is 0.291. The maximum atomic E-state index is 6.66. The summed E-state index contributed by atoms with van der Waals surface area (Å²) in [4.78, 5) is 5.01. The van der Waals surface area contributed by atoms with E-state index in [1.165, 1.54) is 5.56 Å². The van der Waals surface area contributed by atoms with Gasteiger partial charge in [0.1, 0.15) is 18.2 Å². The van der Waals surface area contributed by atoms with E-state index in [4.69, 9.17) is 23.9 Å². The fourth-order valence-electron chi connectivity index (χ4n) is 5.25. The van der Waals surface area contributed by atoms with Gasteiger partial charge in [0.2, 0.25) is 0 Å². The van der Waals surface area contributed by atoms with Crippen molar-refractivity contribution in [1.82, 2.24) is 0 Å². The Morgan fingerprint density at radius 1 is 0.730 bits per heavy atom. The Hall–Kier alpha value is -2.99. The predicted molar refractivity (Wildman–Crippen MR) is 145 cm³/mol. The third-order valence-corrected chi connectivity index (χ3v) is 7.10. The number of aliphatic imine (C=N–C) groups is 1. The average Bonchev–Trinajstić information content (AvgIpc) is 3.35. The van der Waals surface area contributed by atoms with Crippen molar-refractivity contribution in [2.45, 2.75) is 70.4 Å². The molecule has 3 aromatic rings. The standard InChI is InChI=1S/C32H37NO4/c1-2-12-29-33-30-28(37-29)19-27(23-34-20-24-13-6-3-7-14-24)31(35-21-25-15-8-4-9-16-25)32(30)36-22-26-17-10-5-11-18-26/h3-11,13-18,27-28,30-32H,2,12,19-23H2,1H3/t27-,28+,30+,31-,32-/m1/s1. The molecule has 37 heavy (non-hydrogen) atoms. The molecule has 1 aliphatic carbocycles. The van der Waals surface area contributed by atoms with E-state index in [-0.39, 0.29) is 30.3 Å². The van der Waals surface area contributed by atoms with Crippen molar-refractivity contribution >= 4 is 5.90 Å². The van der Waals surface area contributed by atoms with Gasteiger partial charge in [0, 0.05) is 12.3 Å². The molecule has 5 atom stereocenters. The van der Waals surface area contributed by atoms with Crippen LogP contribution in [0.15, 0.2) is 96.0 Å². The molecule has 0 amide bonds. The maximum Gasteiger partial charge on any atom is 0.184 e. The number of hydrogen-bond acceptors (Lipinski definition) is 5. The molecular weight excluding hydrogens is 462 g/mol. The number of rotatable bonds is 12. The first-order valence-electron chi connectivity index (χ1n) is 13.5. The van der Waals surface area contributed by atoms with Crippen LogP contribution in [0.3, 0.4) is 0 Å². The van der Waals surface area contributed by atoms with E-state index in [1.54, 1.807) is 0 Å². The van der Waals surface area contributed by atoms with Crippen LogP contribution < -0.4 is 0 Å². The van der Waals surface area contributed by atoms with E-state index in [9.17, 15) is 0 Å². The maximum absolute atomic E-state index is 6.66. The van der Waals surface area contributed by atoms with Crippen LogP contribution in [-0.2, 0) is 38.8 Å². The summed E-state index contributed by atoms with van der Waals surface area (Å²) in [6, 6.07) is 30.9. The number of hydrogen-bond donors (Lipinski definition) is 0. The summed E-state index contributed by atoms with van der Waals surface area (Å²) in [5, 5.41) is 0. The van der Waals surface area contributed by atoms with Gasteiger partial charge in [0.05, 0.1) is 32.5 Å². The van der Waals surface area contributed by atoms with Crippen LogP contribution in [-0.4, -0.2) is 36.9 Å². The Morgan fingerprint density at radius 3 is 1.84 bits per heavy atom. The van der Waals surface area contributed by atoms with Crippen molar-refractivity contribution in [2.75, 3.05) is 6.61 Å². The van der Waals surface area contributed by atoms with E-state index < -0.39 is 0 Å². The third kappa shape index (κ3) is 6.86. The van der Waals surface area contributed by atoms with E-state index in [1.807, 2.05) is 54.6 Å². The molecule has 0 saturated heterocycles. The number of ether oxygens (including phenoxy) is 4. The number of nitrogens with zero attached hydrogens (tertiary/aromatic N) is 1. The zero-order valence-electron chi connectivity index (χ0n) is 21.6. The van der Waals surface area contributed by atoms with Crippen molar-refractivity contribution in [3.63, 3.8) is 0 Å².